The quantitative estimate of drug-likeness (QED) is 0.760. The fraction of sp³-hybridized carbons (Fsp3) is 0.636. The van der Waals surface area contributed by atoms with Crippen LogP contribution in [0.25, 0.3) is 0 Å². The minimum Gasteiger partial charge on any atom is -0.368 e. The van der Waals surface area contributed by atoms with Gasteiger partial charge < -0.3 is 5.32 Å². The molecule has 1 N–H and O–H groups in total. The largest absolute Gasteiger partial charge is 0.368 e. The summed E-state index contributed by atoms with van der Waals surface area (Å²) in [7, 11) is 0. The van der Waals surface area contributed by atoms with E-state index in [2.05, 4.69) is 22.4 Å². The van der Waals surface area contributed by atoms with Gasteiger partial charge >= 0.3 is 0 Å². The van der Waals surface area contributed by atoms with Gasteiger partial charge in [0.25, 0.3) is 0 Å². The minimum atomic E-state index is 0.616. The number of alkyl halides is 1. The lowest BCUT2D eigenvalue weighted by atomic mass is 10.0. The van der Waals surface area contributed by atoms with Crippen molar-refractivity contribution in [3.8, 4) is 0 Å². The summed E-state index contributed by atoms with van der Waals surface area (Å²) in [5, 5.41) is 11.3. The highest BCUT2D eigenvalue weighted by Crippen LogP contribution is 2.10. The van der Waals surface area contributed by atoms with Crippen molar-refractivity contribution in [2.75, 3.05) is 17.7 Å². The van der Waals surface area contributed by atoms with Crippen LogP contribution in [0.1, 0.15) is 25.5 Å². The Kier molecular flexibility index (Phi) is 5.40. The van der Waals surface area contributed by atoms with E-state index < -0.39 is 0 Å². The summed E-state index contributed by atoms with van der Waals surface area (Å²) >= 11 is 5.72. The van der Waals surface area contributed by atoms with Crippen molar-refractivity contribution in [3.63, 3.8) is 0 Å². The molecule has 0 fully saturated rings. The summed E-state index contributed by atoms with van der Waals surface area (Å²) in [5.74, 6) is 2.18. The van der Waals surface area contributed by atoms with Crippen LogP contribution in [0, 0.1) is 12.8 Å². The molecule has 4 heteroatoms. The maximum Gasteiger partial charge on any atom is 0.148 e. The zero-order valence-corrected chi connectivity index (χ0v) is 10.1. The zero-order chi connectivity index (χ0) is 11.1. The van der Waals surface area contributed by atoms with Crippen molar-refractivity contribution in [3.05, 3.63) is 17.8 Å². The van der Waals surface area contributed by atoms with E-state index in [1.54, 1.807) is 0 Å². The molecule has 15 heavy (non-hydrogen) atoms. The van der Waals surface area contributed by atoms with E-state index in [4.69, 9.17) is 11.6 Å². The molecule has 0 aliphatic rings. The maximum absolute atomic E-state index is 5.72. The van der Waals surface area contributed by atoms with Crippen molar-refractivity contribution < 1.29 is 0 Å². The molecule has 0 bridgehead atoms. The molecular weight excluding hydrogens is 210 g/mol. The summed E-state index contributed by atoms with van der Waals surface area (Å²) in [4.78, 5) is 0. The number of anilines is 1. The lowest BCUT2D eigenvalue weighted by molar-refractivity contribution is 0.521. The second-order valence-corrected chi connectivity index (χ2v) is 4.07. The molecule has 84 valence electrons. The number of aromatic nitrogens is 2. The van der Waals surface area contributed by atoms with Crippen molar-refractivity contribution in [2.24, 2.45) is 5.92 Å². The second kappa shape index (κ2) is 6.62. The standard InChI is InChI=1S/C11H18ClN3/c1-3-10(6-7-12)8-13-11-5-4-9(2)14-15-11/h4-5,10H,3,6-8H2,1-2H3,(H,13,15). The molecular formula is C11H18ClN3. The molecule has 0 amide bonds. The molecule has 0 spiro atoms. The number of nitrogens with zero attached hydrogens (tertiary/aromatic N) is 2. The van der Waals surface area contributed by atoms with E-state index in [0.717, 1.165) is 36.8 Å². The van der Waals surface area contributed by atoms with Gasteiger partial charge in [0.2, 0.25) is 0 Å². The van der Waals surface area contributed by atoms with E-state index in [1.165, 1.54) is 0 Å². The van der Waals surface area contributed by atoms with Crippen molar-refractivity contribution in [2.45, 2.75) is 26.7 Å². The summed E-state index contributed by atoms with van der Waals surface area (Å²) in [6.45, 7) is 5.03. The molecule has 1 rings (SSSR count). The fourth-order valence-electron chi connectivity index (χ4n) is 1.35. The van der Waals surface area contributed by atoms with Crippen LogP contribution in [0.2, 0.25) is 0 Å². The molecule has 1 aromatic rings. The third-order valence-corrected chi connectivity index (χ3v) is 2.68. The summed E-state index contributed by atoms with van der Waals surface area (Å²) in [6, 6.07) is 3.91. The molecule has 0 radical (unpaired) electrons. The Morgan fingerprint density at radius 3 is 2.73 bits per heavy atom. The van der Waals surface area contributed by atoms with Gasteiger partial charge in [-0.15, -0.1) is 16.7 Å². The van der Waals surface area contributed by atoms with Gasteiger partial charge in [-0.05, 0) is 31.4 Å². The van der Waals surface area contributed by atoms with Gasteiger partial charge in [0.05, 0.1) is 5.69 Å². The van der Waals surface area contributed by atoms with Crippen LogP contribution >= 0.6 is 11.6 Å². The van der Waals surface area contributed by atoms with Crippen LogP contribution in [-0.2, 0) is 0 Å². The average Bonchev–Trinajstić information content (AvgIpc) is 2.26. The Morgan fingerprint density at radius 2 is 2.20 bits per heavy atom. The van der Waals surface area contributed by atoms with E-state index in [9.17, 15) is 0 Å². The second-order valence-electron chi connectivity index (χ2n) is 3.69. The first kappa shape index (κ1) is 12.2. The number of hydrogen-bond acceptors (Lipinski definition) is 3. The van der Waals surface area contributed by atoms with Gasteiger partial charge in [-0.3, -0.25) is 0 Å². The van der Waals surface area contributed by atoms with E-state index in [-0.39, 0.29) is 0 Å². The Labute approximate surface area is 96.2 Å². The van der Waals surface area contributed by atoms with Crippen molar-refractivity contribution in [1.82, 2.24) is 10.2 Å². The number of rotatable bonds is 6. The zero-order valence-electron chi connectivity index (χ0n) is 9.33. The van der Waals surface area contributed by atoms with Crippen molar-refractivity contribution >= 4 is 17.4 Å². The molecule has 0 saturated carbocycles. The molecule has 0 aliphatic heterocycles. The van der Waals surface area contributed by atoms with Crippen LogP contribution in [0.3, 0.4) is 0 Å². The molecule has 0 aliphatic carbocycles. The van der Waals surface area contributed by atoms with Gasteiger partial charge in [-0.2, -0.15) is 5.10 Å². The minimum absolute atomic E-state index is 0.616. The highest BCUT2D eigenvalue weighted by Gasteiger charge is 2.05. The smallest absolute Gasteiger partial charge is 0.148 e. The Hall–Kier alpha value is -0.830. The van der Waals surface area contributed by atoms with E-state index >= 15 is 0 Å². The first-order valence-corrected chi connectivity index (χ1v) is 5.90. The number of hydrogen-bond donors (Lipinski definition) is 1. The lowest BCUT2D eigenvalue weighted by Gasteiger charge is -2.14. The van der Waals surface area contributed by atoms with Crippen LogP contribution < -0.4 is 5.32 Å². The molecule has 1 unspecified atom stereocenters. The molecule has 3 nitrogen and oxygen atoms in total. The van der Waals surface area contributed by atoms with E-state index in [0.29, 0.717) is 5.92 Å². The van der Waals surface area contributed by atoms with Gasteiger partial charge in [-0.1, -0.05) is 13.3 Å². The number of aryl methyl sites for hydroxylation is 1. The Balaban J connectivity index is 2.38. The SMILES string of the molecule is CCC(CCCl)CNc1ccc(C)nn1. The first-order valence-electron chi connectivity index (χ1n) is 5.36. The van der Waals surface area contributed by atoms with Crippen LogP contribution in [0.4, 0.5) is 5.82 Å². The summed E-state index contributed by atoms with van der Waals surface area (Å²) in [5.41, 5.74) is 0.938. The average molecular weight is 228 g/mol. The molecule has 1 aromatic heterocycles. The van der Waals surface area contributed by atoms with Gasteiger partial charge in [0.15, 0.2) is 0 Å². The first-order chi connectivity index (χ1) is 7.26. The Bertz CT molecular complexity index is 274. The number of halogens is 1. The Morgan fingerprint density at radius 1 is 1.40 bits per heavy atom. The van der Waals surface area contributed by atoms with Gasteiger partial charge in [0, 0.05) is 12.4 Å². The summed E-state index contributed by atoms with van der Waals surface area (Å²) < 4.78 is 0. The predicted molar refractivity (Wildman–Crippen MR) is 64.4 cm³/mol. The molecule has 0 aromatic carbocycles. The van der Waals surface area contributed by atoms with Crippen LogP contribution in [0.15, 0.2) is 12.1 Å². The fourth-order valence-corrected chi connectivity index (χ4v) is 1.66. The van der Waals surface area contributed by atoms with Crippen molar-refractivity contribution in [1.29, 1.82) is 0 Å². The normalized spacial score (nSPS) is 12.5. The summed E-state index contributed by atoms with van der Waals surface area (Å²) in [6.07, 6.45) is 2.18. The molecule has 1 heterocycles. The third kappa shape index (κ3) is 4.47. The predicted octanol–water partition coefficient (Wildman–Crippen LogP) is 2.85. The lowest BCUT2D eigenvalue weighted by Crippen LogP contribution is -2.15. The maximum atomic E-state index is 5.72. The van der Waals surface area contributed by atoms with Gasteiger partial charge in [0.1, 0.15) is 5.82 Å². The molecule has 0 saturated heterocycles. The highest BCUT2D eigenvalue weighted by atomic mass is 35.5. The molecule has 1 atom stereocenters. The number of nitrogens with one attached hydrogen (secondary N) is 1. The van der Waals surface area contributed by atoms with Gasteiger partial charge in [-0.25, -0.2) is 0 Å². The van der Waals surface area contributed by atoms with Crippen LogP contribution in [-0.4, -0.2) is 22.6 Å². The third-order valence-electron chi connectivity index (χ3n) is 2.46. The van der Waals surface area contributed by atoms with Crippen LogP contribution in [0.5, 0.6) is 0 Å². The highest BCUT2D eigenvalue weighted by molar-refractivity contribution is 6.17. The topological polar surface area (TPSA) is 37.8 Å². The monoisotopic (exact) mass is 227 g/mol. The van der Waals surface area contributed by atoms with E-state index in [1.807, 2.05) is 19.1 Å².